The fourth-order valence-corrected chi connectivity index (χ4v) is 3.10. The summed E-state index contributed by atoms with van der Waals surface area (Å²) in [4.78, 5) is 16.7. The number of benzene rings is 2. The average Bonchev–Trinajstić information content (AvgIpc) is 3.16. The number of hydrogen-bond donors (Lipinski definition) is 3. The van der Waals surface area contributed by atoms with Crippen molar-refractivity contribution in [2.24, 2.45) is 0 Å². The van der Waals surface area contributed by atoms with Crippen molar-refractivity contribution in [2.45, 2.75) is 6.04 Å². The summed E-state index contributed by atoms with van der Waals surface area (Å²) in [6.45, 7) is -0.184. The Kier molecular flexibility index (Phi) is 5.83. The van der Waals surface area contributed by atoms with E-state index in [-0.39, 0.29) is 12.5 Å². The lowest BCUT2D eigenvalue weighted by Gasteiger charge is -2.15. The summed E-state index contributed by atoms with van der Waals surface area (Å²) in [7, 11) is 1.61. The molecule has 1 heterocycles. The van der Waals surface area contributed by atoms with E-state index in [9.17, 15) is 9.90 Å². The molecular weight excluding hydrogens is 350 g/mol. The second kappa shape index (κ2) is 8.46. The molecule has 3 rings (SSSR count). The van der Waals surface area contributed by atoms with Gasteiger partial charge in [-0.2, -0.15) is 0 Å². The number of anilines is 2. The molecule has 0 aliphatic rings. The fraction of sp³-hybridized carbons (Fsp3) is 0.158. The second-order valence-corrected chi connectivity index (χ2v) is 6.37. The first kappa shape index (κ1) is 17.9. The summed E-state index contributed by atoms with van der Waals surface area (Å²) in [5.74, 6) is 0.442. The quantitative estimate of drug-likeness (QED) is 0.595. The zero-order valence-corrected chi connectivity index (χ0v) is 15.0. The van der Waals surface area contributed by atoms with Crippen molar-refractivity contribution >= 4 is 28.1 Å². The van der Waals surface area contributed by atoms with E-state index >= 15 is 0 Å². The largest absolute Gasteiger partial charge is 0.497 e. The molecule has 2 aromatic carbocycles. The van der Waals surface area contributed by atoms with Gasteiger partial charge in [-0.1, -0.05) is 30.3 Å². The molecule has 0 saturated heterocycles. The Morgan fingerprint density at radius 2 is 1.92 bits per heavy atom. The van der Waals surface area contributed by atoms with Crippen LogP contribution in [0.4, 0.5) is 10.8 Å². The predicted molar refractivity (Wildman–Crippen MR) is 102 cm³/mol. The predicted octanol–water partition coefficient (Wildman–Crippen LogP) is 3.36. The summed E-state index contributed by atoms with van der Waals surface area (Å²) >= 11 is 1.34. The minimum atomic E-state index is -0.469. The molecule has 0 radical (unpaired) electrons. The number of aromatic nitrogens is 1. The van der Waals surface area contributed by atoms with E-state index in [1.54, 1.807) is 12.5 Å². The minimum absolute atomic E-state index is 0.184. The van der Waals surface area contributed by atoms with Crippen LogP contribution in [-0.4, -0.2) is 29.7 Å². The van der Waals surface area contributed by atoms with Crippen LogP contribution in [0.15, 0.2) is 60.0 Å². The third kappa shape index (κ3) is 4.38. The van der Waals surface area contributed by atoms with Crippen molar-refractivity contribution in [3.8, 4) is 5.75 Å². The van der Waals surface area contributed by atoms with Crippen LogP contribution < -0.4 is 15.4 Å². The van der Waals surface area contributed by atoms with E-state index in [1.165, 1.54) is 11.3 Å². The van der Waals surface area contributed by atoms with E-state index in [4.69, 9.17) is 4.74 Å². The number of aliphatic hydroxyl groups excluding tert-OH is 1. The second-order valence-electron chi connectivity index (χ2n) is 5.51. The molecule has 1 amide bonds. The molecule has 0 aliphatic carbocycles. The lowest BCUT2D eigenvalue weighted by Crippen LogP contribution is -2.31. The van der Waals surface area contributed by atoms with Crippen molar-refractivity contribution in [1.29, 1.82) is 0 Å². The highest BCUT2D eigenvalue weighted by atomic mass is 32.1. The molecular formula is C19H19N3O3S. The lowest BCUT2D eigenvalue weighted by molar-refractivity contribution is 0.0912. The van der Waals surface area contributed by atoms with E-state index in [1.807, 2.05) is 54.6 Å². The van der Waals surface area contributed by atoms with Crippen LogP contribution in [-0.2, 0) is 0 Å². The number of carbonyl (C=O) groups is 1. The Bertz CT molecular complexity index is 850. The summed E-state index contributed by atoms with van der Waals surface area (Å²) < 4.78 is 5.12. The minimum Gasteiger partial charge on any atom is -0.497 e. The first-order chi connectivity index (χ1) is 12.7. The zero-order chi connectivity index (χ0) is 18.4. The highest BCUT2D eigenvalue weighted by Gasteiger charge is 2.17. The van der Waals surface area contributed by atoms with Crippen LogP contribution in [0.1, 0.15) is 22.1 Å². The Balaban J connectivity index is 1.65. The van der Waals surface area contributed by atoms with Gasteiger partial charge in [0, 0.05) is 11.1 Å². The monoisotopic (exact) mass is 369 g/mol. The number of methoxy groups -OCH3 is 1. The number of rotatable bonds is 7. The third-order valence-corrected chi connectivity index (χ3v) is 4.53. The Hall–Kier alpha value is -2.90. The molecule has 1 unspecified atom stereocenters. The Morgan fingerprint density at radius 1 is 1.19 bits per heavy atom. The molecule has 0 saturated carbocycles. The Labute approximate surface area is 155 Å². The number of nitrogens with one attached hydrogen (secondary N) is 2. The summed E-state index contributed by atoms with van der Waals surface area (Å²) in [6, 6.07) is 16.3. The van der Waals surface area contributed by atoms with Crippen molar-refractivity contribution in [3.05, 3.63) is 71.2 Å². The highest BCUT2D eigenvalue weighted by molar-refractivity contribution is 7.14. The maximum atomic E-state index is 12.4. The standard InChI is InChI=1S/C19H19N3O3S/c1-25-15-9-7-14(8-10-15)20-19-22-17(12-26-19)18(24)21-16(11-23)13-5-3-2-4-6-13/h2-10,12,16,23H,11H2,1H3,(H,20,22)(H,21,24). The molecule has 1 aromatic heterocycles. The molecule has 3 N–H and O–H groups in total. The van der Waals surface area contributed by atoms with Gasteiger partial charge < -0.3 is 20.5 Å². The van der Waals surface area contributed by atoms with E-state index < -0.39 is 6.04 Å². The first-order valence-corrected chi connectivity index (χ1v) is 8.91. The molecule has 0 aliphatic heterocycles. The number of ether oxygens (including phenoxy) is 1. The smallest absolute Gasteiger partial charge is 0.271 e. The molecule has 1 atom stereocenters. The van der Waals surface area contributed by atoms with Crippen LogP contribution in [0.3, 0.4) is 0 Å². The van der Waals surface area contributed by atoms with Crippen LogP contribution in [0.5, 0.6) is 5.75 Å². The maximum Gasteiger partial charge on any atom is 0.271 e. The van der Waals surface area contributed by atoms with E-state index in [2.05, 4.69) is 15.6 Å². The van der Waals surface area contributed by atoms with Gasteiger partial charge in [-0.05, 0) is 29.8 Å². The van der Waals surface area contributed by atoms with Gasteiger partial charge in [-0.25, -0.2) is 4.98 Å². The van der Waals surface area contributed by atoms with Gasteiger partial charge in [0.2, 0.25) is 0 Å². The molecule has 3 aromatic rings. The van der Waals surface area contributed by atoms with Crippen molar-refractivity contribution < 1.29 is 14.6 Å². The number of carbonyl (C=O) groups excluding carboxylic acids is 1. The van der Waals surface area contributed by atoms with Crippen molar-refractivity contribution in [3.63, 3.8) is 0 Å². The summed E-state index contributed by atoms with van der Waals surface area (Å²) in [5, 5.41) is 17.8. The highest BCUT2D eigenvalue weighted by Crippen LogP contribution is 2.23. The van der Waals surface area contributed by atoms with Gasteiger partial charge in [0.15, 0.2) is 5.13 Å². The fourth-order valence-electron chi connectivity index (χ4n) is 2.39. The summed E-state index contributed by atoms with van der Waals surface area (Å²) in [5.41, 5.74) is 2.00. The number of hydrogen-bond acceptors (Lipinski definition) is 6. The number of aliphatic hydroxyl groups is 1. The van der Waals surface area contributed by atoms with Gasteiger partial charge in [-0.15, -0.1) is 11.3 Å². The lowest BCUT2D eigenvalue weighted by atomic mass is 10.1. The first-order valence-electron chi connectivity index (χ1n) is 8.03. The van der Waals surface area contributed by atoms with Crippen molar-refractivity contribution in [2.75, 3.05) is 19.0 Å². The summed E-state index contributed by atoms with van der Waals surface area (Å²) in [6.07, 6.45) is 0. The van der Waals surface area contributed by atoms with Gasteiger partial charge in [0.1, 0.15) is 11.4 Å². The number of amides is 1. The normalized spacial score (nSPS) is 11.6. The SMILES string of the molecule is COc1ccc(Nc2nc(C(=O)NC(CO)c3ccccc3)cs2)cc1. The van der Waals surface area contributed by atoms with E-state index in [0.29, 0.717) is 10.8 Å². The van der Waals surface area contributed by atoms with Crippen LogP contribution in [0.2, 0.25) is 0 Å². The topological polar surface area (TPSA) is 83.5 Å². The van der Waals surface area contributed by atoms with Gasteiger partial charge in [-0.3, -0.25) is 4.79 Å². The van der Waals surface area contributed by atoms with Crippen LogP contribution >= 0.6 is 11.3 Å². The Morgan fingerprint density at radius 3 is 2.58 bits per heavy atom. The van der Waals surface area contributed by atoms with Gasteiger partial charge in [0.25, 0.3) is 5.91 Å². The molecule has 26 heavy (non-hydrogen) atoms. The molecule has 0 bridgehead atoms. The number of nitrogens with zero attached hydrogens (tertiary/aromatic N) is 1. The van der Waals surface area contributed by atoms with Crippen LogP contribution in [0.25, 0.3) is 0 Å². The third-order valence-electron chi connectivity index (χ3n) is 3.77. The van der Waals surface area contributed by atoms with E-state index in [0.717, 1.165) is 17.0 Å². The van der Waals surface area contributed by atoms with Crippen molar-refractivity contribution in [1.82, 2.24) is 10.3 Å². The average molecular weight is 369 g/mol. The number of thiazole rings is 1. The molecule has 6 nitrogen and oxygen atoms in total. The maximum absolute atomic E-state index is 12.4. The zero-order valence-electron chi connectivity index (χ0n) is 14.2. The van der Waals surface area contributed by atoms with Gasteiger partial charge >= 0.3 is 0 Å². The molecule has 7 heteroatoms. The molecule has 0 fully saturated rings. The van der Waals surface area contributed by atoms with Crippen LogP contribution in [0, 0.1) is 0 Å². The molecule has 134 valence electrons. The van der Waals surface area contributed by atoms with Gasteiger partial charge in [0.05, 0.1) is 19.8 Å². The molecule has 0 spiro atoms.